The molecular weight excluding hydrogens is 512 g/mol. The molecule has 4 heterocycles. The third-order valence-electron chi connectivity index (χ3n) is 6.93. The largest absolute Gasteiger partial charge is 0.381 e. The number of piperidine rings is 1. The second-order valence-corrected chi connectivity index (χ2v) is 10.5. The second-order valence-electron chi connectivity index (χ2n) is 10.1. The van der Waals surface area contributed by atoms with Crippen molar-refractivity contribution in [1.82, 2.24) is 24.4 Å². The normalized spacial score (nSPS) is 19.8. The first kappa shape index (κ1) is 26.1. The van der Waals surface area contributed by atoms with Gasteiger partial charge in [-0.2, -0.15) is 4.98 Å². The summed E-state index contributed by atoms with van der Waals surface area (Å²) >= 11 is 6.43. The number of hydrogen-bond donors (Lipinski definition) is 3. The number of rotatable bonds is 7. The van der Waals surface area contributed by atoms with E-state index in [1.54, 1.807) is 18.2 Å². The average molecular weight is 543 g/mol. The maximum atomic E-state index is 13.1. The van der Waals surface area contributed by atoms with E-state index in [0.717, 1.165) is 13.0 Å². The van der Waals surface area contributed by atoms with Crippen LogP contribution in [-0.2, 0) is 22.6 Å². The molecule has 0 bridgehead atoms. The number of benzene rings is 1. The second kappa shape index (κ2) is 10.7. The van der Waals surface area contributed by atoms with Gasteiger partial charge in [0.1, 0.15) is 11.6 Å². The van der Waals surface area contributed by atoms with Crippen LogP contribution >= 0.6 is 11.6 Å². The number of likely N-dealkylation sites (N-methyl/N-ethyl adjacent to an activating group) is 1. The minimum absolute atomic E-state index is 0.0380. The third-order valence-corrected chi connectivity index (χ3v) is 7.20. The predicted octanol–water partition coefficient (Wildman–Crippen LogP) is 0.916. The van der Waals surface area contributed by atoms with Crippen molar-refractivity contribution in [2.75, 3.05) is 43.6 Å². The number of carbonyl (C=O) groups is 1. The molecule has 2 saturated heterocycles. The van der Waals surface area contributed by atoms with Gasteiger partial charge in [0.25, 0.3) is 0 Å². The maximum Gasteiger partial charge on any atom is 0.317 e. The Morgan fingerprint density at radius 2 is 1.95 bits per heavy atom. The molecule has 38 heavy (non-hydrogen) atoms. The molecule has 3 aromatic rings. The van der Waals surface area contributed by atoms with Crippen molar-refractivity contribution in [3.05, 3.63) is 50.1 Å². The van der Waals surface area contributed by atoms with Gasteiger partial charge in [-0.3, -0.25) is 19.0 Å². The van der Waals surface area contributed by atoms with Crippen LogP contribution in [0.15, 0.2) is 34.0 Å². The fraction of sp³-hybridized carbons (Fsp3) is 0.480. The summed E-state index contributed by atoms with van der Waals surface area (Å²) in [5.41, 5.74) is 6.32. The van der Waals surface area contributed by atoms with Gasteiger partial charge in [-0.25, -0.2) is 4.98 Å². The fourth-order valence-corrected chi connectivity index (χ4v) is 5.14. The molecule has 202 valence electrons. The summed E-state index contributed by atoms with van der Waals surface area (Å²) in [4.78, 5) is 49.4. The number of ether oxygens (including phenoxy) is 1. The zero-order valence-electron chi connectivity index (χ0n) is 21.3. The molecule has 0 radical (unpaired) electrons. The van der Waals surface area contributed by atoms with Crippen LogP contribution in [0.3, 0.4) is 0 Å². The lowest BCUT2D eigenvalue weighted by atomic mass is 9.97. The van der Waals surface area contributed by atoms with Crippen molar-refractivity contribution in [2.45, 2.75) is 32.5 Å². The molecule has 5 rings (SSSR count). The number of nitrogens with two attached hydrogens (primary N) is 1. The number of anilines is 3. The molecule has 13 heteroatoms. The van der Waals surface area contributed by atoms with E-state index in [1.807, 2.05) is 4.90 Å². The molecule has 1 aromatic carbocycles. The van der Waals surface area contributed by atoms with Crippen LogP contribution in [0.4, 0.5) is 17.5 Å². The first-order valence-corrected chi connectivity index (χ1v) is 13.0. The van der Waals surface area contributed by atoms with Crippen molar-refractivity contribution in [1.29, 1.82) is 0 Å². The van der Waals surface area contributed by atoms with Crippen molar-refractivity contribution in [3.63, 3.8) is 0 Å². The van der Waals surface area contributed by atoms with Crippen molar-refractivity contribution in [2.24, 2.45) is 17.6 Å². The van der Waals surface area contributed by atoms with Crippen molar-refractivity contribution in [3.8, 4) is 0 Å². The lowest BCUT2D eigenvalue weighted by Gasteiger charge is -2.34. The van der Waals surface area contributed by atoms with Gasteiger partial charge in [-0.05, 0) is 30.5 Å². The number of fused-ring (bicyclic) bond motifs is 1. The molecule has 2 atom stereocenters. The number of hydrogen-bond acceptors (Lipinski definition) is 9. The van der Waals surface area contributed by atoms with Crippen molar-refractivity contribution >= 4 is 46.0 Å². The zero-order valence-corrected chi connectivity index (χ0v) is 22.1. The quantitative estimate of drug-likeness (QED) is 0.370. The van der Waals surface area contributed by atoms with Gasteiger partial charge >= 0.3 is 11.1 Å². The zero-order chi connectivity index (χ0) is 27.0. The molecule has 0 unspecified atom stereocenters. The van der Waals surface area contributed by atoms with Crippen LogP contribution in [0.5, 0.6) is 0 Å². The van der Waals surface area contributed by atoms with Crippen LogP contribution in [0.25, 0.3) is 11.0 Å². The van der Waals surface area contributed by atoms with Crippen LogP contribution in [0, 0.1) is 11.8 Å². The van der Waals surface area contributed by atoms with Gasteiger partial charge in [-0.15, -0.1) is 0 Å². The lowest BCUT2D eigenvalue weighted by Crippen LogP contribution is -2.47. The molecule has 0 aliphatic carbocycles. The van der Waals surface area contributed by atoms with Gasteiger partial charge in [0, 0.05) is 44.3 Å². The minimum Gasteiger partial charge on any atom is -0.381 e. The Morgan fingerprint density at radius 3 is 2.63 bits per heavy atom. The predicted molar refractivity (Wildman–Crippen MR) is 145 cm³/mol. The van der Waals surface area contributed by atoms with Crippen LogP contribution < -0.4 is 32.4 Å². The van der Waals surface area contributed by atoms with E-state index in [1.165, 1.54) is 22.4 Å². The van der Waals surface area contributed by atoms with E-state index in [2.05, 4.69) is 27.5 Å². The highest BCUT2D eigenvalue weighted by Gasteiger charge is 2.25. The molecule has 0 saturated carbocycles. The number of halogens is 1. The van der Waals surface area contributed by atoms with E-state index in [0.29, 0.717) is 65.7 Å². The van der Waals surface area contributed by atoms with E-state index in [9.17, 15) is 14.4 Å². The molecule has 2 fully saturated rings. The summed E-state index contributed by atoms with van der Waals surface area (Å²) < 4.78 is 7.90. The Labute approximate surface area is 223 Å². The SMILES string of the molecule is CNC(=O)Cn1c(=O)c(=O)n(CC2COC2)c2ccc(Nc3nc(N4C[C@H](C)C[C@H](N)C4)ncc3Cl)cc21. The number of amides is 1. The van der Waals surface area contributed by atoms with E-state index >= 15 is 0 Å². The summed E-state index contributed by atoms with van der Waals surface area (Å²) in [5, 5.41) is 6.04. The van der Waals surface area contributed by atoms with Gasteiger partial charge in [0.15, 0.2) is 5.82 Å². The van der Waals surface area contributed by atoms with Gasteiger partial charge in [0.2, 0.25) is 11.9 Å². The minimum atomic E-state index is -0.767. The first-order chi connectivity index (χ1) is 18.2. The lowest BCUT2D eigenvalue weighted by molar-refractivity contribution is -0.121. The number of carbonyl (C=O) groups excluding carboxylic acids is 1. The molecular formula is C25H31ClN8O4. The highest BCUT2D eigenvalue weighted by atomic mass is 35.5. The van der Waals surface area contributed by atoms with Crippen LogP contribution in [0.1, 0.15) is 13.3 Å². The van der Waals surface area contributed by atoms with Gasteiger partial charge in [-0.1, -0.05) is 18.5 Å². The standard InChI is InChI=1S/C25H31ClN8O4/c1-14-5-16(27)10-32(8-14)25-29-7-18(26)22(31-25)30-17-3-4-19-20(6-17)34(11-21(35)28-2)24(37)23(36)33(19)9-15-12-38-13-15/h3-4,6-7,14-16H,5,8-13,27H2,1-2H3,(H,28,35)(H,29,30,31)/t14-,16+/m1/s1. The summed E-state index contributed by atoms with van der Waals surface area (Å²) in [7, 11) is 1.48. The molecule has 0 spiro atoms. The number of aromatic nitrogens is 4. The first-order valence-electron chi connectivity index (χ1n) is 12.6. The summed E-state index contributed by atoms with van der Waals surface area (Å²) in [6.45, 7) is 4.72. The molecule has 2 aliphatic rings. The highest BCUT2D eigenvalue weighted by Crippen LogP contribution is 2.28. The number of nitrogens with one attached hydrogen (secondary N) is 2. The average Bonchev–Trinajstić information content (AvgIpc) is 2.86. The fourth-order valence-electron chi connectivity index (χ4n) is 5.00. The Bertz CT molecular complexity index is 1470. The highest BCUT2D eigenvalue weighted by molar-refractivity contribution is 6.32. The summed E-state index contributed by atoms with van der Waals surface area (Å²) in [6.07, 6.45) is 2.49. The molecule has 1 amide bonds. The number of nitrogens with zero attached hydrogens (tertiary/aromatic N) is 5. The Morgan fingerprint density at radius 1 is 1.18 bits per heavy atom. The Hall–Kier alpha value is -3.48. The summed E-state index contributed by atoms with van der Waals surface area (Å²) in [6, 6.07) is 5.28. The maximum absolute atomic E-state index is 13.1. The monoisotopic (exact) mass is 542 g/mol. The topological polar surface area (TPSA) is 149 Å². The molecule has 12 nitrogen and oxygen atoms in total. The van der Waals surface area contributed by atoms with E-state index < -0.39 is 17.0 Å². The van der Waals surface area contributed by atoms with Crippen LogP contribution in [-0.4, -0.2) is 64.4 Å². The molecule has 4 N–H and O–H groups in total. The Balaban J connectivity index is 1.54. The molecule has 2 aromatic heterocycles. The van der Waals surface area contributed by atoms with Crippen LogP contribution in [0.2, 0.25) is 5.02 Å². The Kier molecular flexibility index (Phi) is 7.37. The smallest absolute Gasteiger partial charge is 0.317 e. The van der Waals surface area contributed by atoms with Gasteiger partial charge in [0.05, 0.1) is 30.4 Å². The van der Waals surface area contributed by atoms with Crippen molar-refractivity contribution < 1.29 is 9.53 Å². The van der Waals surface area contributed by atoms with E-state index in [4.69, 9.17) is 22.1 Å². The summed E-state index contributed by atoms with van der Waals surface area (Å²) in [5.74, 6) is 1.08. The molecule has 2 aliphatic heterocycles. The third kappa shape index (κ3) is 5.24. The van der Waals surface area contributed by atoms with Gasteiger partial charge < -0.3 is 30.6 Å². The van der Waals surface area contributed by atoms with E-state index in [-0.39, 0.29) is 18.5 Å².